The van der Waals surface area contributed by atoms with E-state index in [1.807, 2.05) is 6.20 Å². The minimum Gasteiger partial charge on any atom is -0.362 e. The predicted molar refractivity (Wildman–Crippen MR) is 87.3 cm³/mol. The number of aromatic nitrogens is 2. The Bertz CT molecular complexity index is 647. The predicted octanol–water partition coefficient (Wildman–Crippen LogP) is 2.92. The molecule has 4 rings (SSSR count). The SMILES string of the molecule is Brc1cc(N2CCn3ccnc3C2)ccc1CNC1CC1. The standard InChI is InChI=1S/C16H19BrN4/c17-15-9-14(4-1-12(15)10-19-13-2-3-13)21-8-7-20-6-5-18-16(20)11-21/h1,4-6,9,13,19H,2-3,7-8,10-11H2. The number of imidazole rings is 1. The molecule has 0 unspecified atom stereocenters. The molecule has 0 saturated heterocycles. The van der Waals surface area contributed by atoms with Gasteiger partial charge in [-0.2, -0.15) is 0 Å². The first-order valence-corrected chi connectivity index (χ1v) is 8.36. The van der Waals surface area contributed by atoms with E-state index in [0.717, 1.165) is 38.0 Å². The van der Waals surface area contributed by atoms with Gasteiger partial charge in [-0.1, -0.05) is 22.0 Å². The van der Waals surface area contributed by atoms with Crippen molar-refractivity contribution in [1.29, 1.82) is 0 Å². The van der Waals surface area contributed by atoms with E-state index in [9.17, 15) is 0 Å². The first-order chi connectivity index (χ1) is 10.3. The van der Waals surface area contributed by atoms with E-state index in [1.54, 1.807) is 0 Å². The Labute approximate surface area is 133 Å². The molecule has 0 amide bonds. The smallest absolute Gasteiger partial charge is 0.128 e. The van der Waals surface area contributed by atoms with Crippen LogP contribution in [0.15, 0.2) is 35.1 Å². The molecule has 4 nitrogen and oxygen atoms in total. The summed E-state index contributed by atoms with van der Waals surface area (Å²) >= 11 is 3.72. The number of anilines is 1. The average Bonchev–Trinajstić information content (AvgIpc) is 3.21. The highest BCUT2D eigenvalue weighted by atomic mass is 79.9. The van der Waals surface area contributed by atoms with Gasteiger partial charge >= 0.3 is 0 Å². The van der Waals surface area contributed by atoms with Crippen molar-refractivity contribution in [2.45, 2.75) is 38.5 Å². The zero-order valence-corrected chi connectivity index (χ0v) is 13.5. The minimum absolute atomic E-state index is 0.748. The largest absolute Gasteiger partial charge is 0.362 e. The molecular formula is C16H19BrN4. The summed E-state index contributed by atoms with van der Waals surface area (Å²) in [6.45, 7) is 3.89. The van der Waals surface area contributed by atoms with Crippen molar-refractivity contribution < 1.29 is 0 Å². The minimum atomic E-state index is 0.748. The summed E-state index contributed by atoms with van der Waals surface area (Å²) in [5, 5.41) is 3.57. The Morgan fingerprint density at radius 3 is 3.00 bits per heavy atom. The van der Waals surface area contributed by atoms with E-state index >= 15 is 0 Å². The number of fused-ring (bicyclic) bond motifs is 1. The molecule has 2 aromatic rings. The van der Waals surface area contributed by atoms with Crippen molar-refractivity contribution in [3.63, 3.8) is 0 Å². The molecule has 0 radical (unpaired) electrons. The van der Waals surface area contributed by atoms with Crippen LogP contribution in [-0.2, 0) is 19.6 Å². The van der Waals surface area contributed by atoms with E-state index in [-0.39, 0.29) is 0 Å². The quantitative estimate of drug-likeness (QED) is 0.923. The van der Waals surface area contributed by atoms with Crippen molar-refractivity contribution in [3.8, 4) is 0 Å². The van der Waals surface area contributed by atoms with Crippen molar-refractivity contribution in [3.05, 3.63) is 46.5 Å². The van der Waals surface area contributed by atoms with E-state index < -0.39 is 0 Å². The first kappa shape index (κ1) is 13.3. The van der Waals surface area contributed by atoms with Crippen LogP contribution in [0.3, 0.4) is 0 Å². The highest BCUT2D eigenvalue weighted by Gasteiger charge is 2.21. The lowest BCUT2D eigenvalue weighted by Gasteiger charge is -2.30. The van der Waals surface area contributed by atoms with Gasteiger partial charge in [0, 0.05) is 48.2 Å². The highest BCUT2D eigenvalue weighted by Crippen LogP contribution is 2.27. The number of hydrogen-bond donors (Lipinski definition) is 1. The van der Waals surface area contributed by atoms with Gasteiger partial charge in [-0.25, -0.2) is 4.98 Å². The highest BCUT2D eigenvalue weighted by molar-refractivity contribution is 9.10. The summed E-state index contributed by atoms with van der Waals surface area (Å²) in [5.74, 6) is 1.15. The lowest BCUT2D eigenvalue weighted by Crippen LogP contribution is -2.33. The molecule has 1 aromatic heterocycles. The molecule has 1 aromatic carbocycles. The van der Waals surface area contributed by atoms with Gasteiger partial charge in [0.2, 0.25) is 0 Å². The van der Waals surface area contributed by atoms with Gasteiger partial charge in [-0.3, -0.25) is 0 Å². The molecule has 0 atom stereocenters. The maximum atomic E-state index is 4.43. The summed E-state index contributed by atoms with van der Waals surface area (Å²) in [6, 6.07) is 7.45. The normalized spacial score (nSPS) is 17.9. The lowest BCUT2D eigenvalue weighted by molar-refractivity contribution is 0.560. The van der Waals surface area contributed by atoms with Crippen LogP contribution in [0.5, 0.6) is 0 Å². The van der Waals surface area contributed by atoms with E-state index in [4.69, 9.17) is 0 Å². The molecule has 0 spiro atoms. The Morgan fingerprint density at radius 2 is 2.19 bits per heavy atom. The average molecular weight is 347 g/mol. The van der Waals surface area contributed by atoms with Crippen LogP contribution < -0.4 is 10.2 Å². The Morgan fingerprint density at radius 1 is 1.29 bits per heavy atom. The van der Waals surface area contributed by atoms with Gasteiger partial charge in [0.05, 0.1) is 6.54 Å². The van der Waals surface area contributed by atoms with Crippen LogP contribution in [0.25, 0.3) is 0 Å². The molecule has 1 N–H and O–H groups in total. The maximum Gasteiger partial charge on any atom is 0.128 e. The van der Waals surface area contributed by atoms with Crippen molar-refractivity contribution in [2.75, 3.05) is 11.4 Å². The molecule has 21 heavy (non-hydrogen) atoms. The van der Waals surface area contributed by atoms with Crippen molar-refractivity contribution in [2.24, 2.45) is 0 Å². The molecule has 1 aliphatic carbocycles. The third-order valence-electron chi connectivity index (χ3n) is 4.31. The zero-order chi connectivity index (χ0) is 14.2. The second-order valence-electron chi connectivity index (χ2n) is 5.89. The number of rotatable bonds is 4. The number of benzene rings is 1. The third-order valence-corrected chi connectivity index (χ3v) is 5.04. The van der Waals surface area contributed by atoms with E-state index in [2.05, 4.69) is 60.1 Å². The van der Waals surface area contributed by atoms with Gasteiger partial charge < -0.3 is 14.8 Å². The summed E-state index contributed by atoms with van der Waals surface area (Å²) in [5.41, 5.74) is 2.61. The number of halogens is 1. The fraction of sp³-hybridized carbons (Fsp3) is 0.438. The molecule has 0 bridgehead atoms. The summed E-state index contributed by atoms with van der Waals surface area (Å²) in [4.78, 5) is 6.82. The van der Waals surface area contributed by atoms with Crippen LogP contribution in [0, 0.1) is 0 Å². The second kappa shape index (κ2) is 5.46. The van der Waals surface area contributed by atoms with E-state index in [1.165, 1.54) is 28.6 Å². The molecule has 2 aliphatic rings. The Kier molecular flexibility index (Phi) is 3.47. The van der Waals surface area contributed by atoms with Gasteiger partial charge in [-0.05, 0) is 30.5 Å². The van der Waals surface area contributed by atoms with Crippen LogP contribution >= 0.6 is 15.9 Å². The zero-order valence-electron chi connectivity index (χ0n) is 11.9. The molecule has 110 valence electrons. The summed E-state index contributed by atoms with van der Waals surface area (Å²) in [6.07, 6.45) is 6.61. The molecule has 1 saturated carbocycles. The van der Waals surface area contributed by atoms with Crippen LogP contribution in [0.1, 0.15) is 24.2 Å². The Hall–Kier alpha value is -1.33. The summed E-state index contributed by atoms with van der Waals surface area (Å²) in [7, 11) is 0. The van der Waals surface area contributed by atoms with Crippen LogP contribution in [0.4, 0.5) is 5.69 Å². The molecule has 1 aliphatic heterocycles. The lowest BCUT2D eigenvalue weighted by atomic mass is 10.2. The monoisotopic (exact) mass is 346 g/mol. The number of nitrogens with zero attached hydrogens (tertiary/aromatic N) is 3. The van der Waals surface area contributed by atoms with Gasteiger partial charge in [0.25, 0.3) is 0 Å². The fourth-order valence-electron chi connectivity index (χ4n) is 2.81. The van der Waals surface area contributed by atoms with Crippen molar-refractivity contribution in [1.82, 2.24) is 14.9 Å². The molecular weight excluding hydrogens is 328 g/mol. The summed E-state index contributed by atoms with van der Waals surface area (Å²) < 4.78 is 3.43. The topological polar surface area (TPSA) is 33.1 Å². The van der Waals surface area contributed by atoms with Gasteiger partial charge in [0.15, 0.2) is 0 Å². The Balaban J connectivity index is 1.49. The van der Waals surface area contributed by atoms with Crippen LogP contribution in [-0.4, -0.2) is 22.1 Å². The third kappa shape index (κ3) is 2.85. The second-order valence-corrected chi connectivity index (χ2v) is 6.74. The number of hydrogen-bond acceptors (Lipinski definition) is 3. The number of nitrogens with one attached hydrogen (secondary N) is 1. The van der Waals surface area contributed by atoms with E-state index in [0.29, 0.717) is 0 Å². The maximum absolute atomic E-state index is 4.43. The van der Waals surface area contributed by atoms with Gasteiger partial charge in [-0.15, -0.1) is 0 Å². The van der Waals surface area contributed by atoms with Crippen LogP contribution in [0.2, 0.25) is 0 Å². The first-order valence-electron chi connectivity index (χ1n) is 7.56. The van der Waals surface area contributed by atoms with Gasteiger partial charge in [0.1, 0.15) is 5.82 Å². The molecule has 5 heteroatoms. The fourth-order valence-corrected chi connectivity index (χ4v) is 3.32. The molecule has 2 heterocycles. The van der Waals surface area contributed by atoms with Crippen molar-refractivity contribution >= 4 is 21.6 Å². The molecule has 1 fully saturated rings.